The molecule has 1 amide bonds. The van der Waals surface area contributed by atoms with E-state index < -0.39 is 5.97 Å². The highest BCUT2D eigenvalue weighted by Crippen LogP contribution is 2.28. The third-order valence-corrected chi connectivity index (χ3v) is 5.20. The molecular formula is C20H29N3O4S. The Hall–Kier alpha value is -2.19. The number of hydrogen-bond donors (Lipinski definition) is 1. The zero-order valence-corrected chi connectivity index (χ0v) is 17.9. The van der Waals surface area contributed by atoms with Gasteiger partial charge in [0.1, 0.15) is 0 Å². The van der Waals surface area contributed by atoms with Crippen molar-refractivity contribution in [1.82, 2.24) is 14.9 Å². The van der Waals surface area contributed by atoms with Crippen molar-refractivity contribution < 1.29 is 19.1 Å². The number of rotatable bonds is 11. The third-order valence-electron chi connectivity index (χ3n) is 4.37. The van der Waals surface area contributed by atoms with Crippen molar-refractivity contribution in [1.29, 1.82) is 0 Å². The van der Waals surface area contributed by atoms with Gasteiger partial charge in [0.05, 0.1) is 23.6 Å². The van der Waals surface area contributed by atoms with Crippen molar-refractivity contribution in [3.05, 3.63) is 27.7 Å². The summed E-state index contributed by atoms with van der Waals surface area (Å²) in [4.78, 5) is 29.0. The zero-order chi connectivity index (χ0) is 20.5. The summed E-state index contributed by atoms with van der Waals surface area (Å²) in [6.07, 6.45) is 2.80. The minimum atomic E-state index is -0.418. The Kier molecular flexibility index (Phi) is 8.66. The molecule has 0 saturated heterocycles. The van der Waals surface area contributed by atoms with Gasteiger partial charge in [0.15, 0.2) is 0 Å². The van der Waals surface area contributed by atoms with Gasteiger partial charge in [-0.2, -0.15) is 0 Å². The summed E-state index contributed by atoms with van der Waals surface area (Å²) in [6, 6.07) is 1.86. The average molecular weight is 408 g/mol. The number of hydrogen-bond acceptors (Lipinski definition) is 6. The van der Waals surface area contributed by atoms with Gasteiger partial charge in [0.2, 0.25) is 5.01 Å². The maximum absolute atomic E-state index is 12.6. The van der Waals surface area contributed by atoms with Crippen LogP contribution in [-0.4, -0.2) is 48.3 Å². The quantitative estimate of drug-likeness (QED) is 0.454. The minimum Gasteiger partial charge on any atom is -0.461 e. The molecule has 0 radical (unpaired) electrons. The van der Waals surface area contributed by atoms with Crippen LogP contribution in [0.1, 0.15) is 59.0 Å². The lowest BCUT2D eigenvalue weighted by atomic mass is 10.2. The molecule has 0 aliphatic heterocycles. The normalized spacial score (nSPS) is 10.9. The van der Waals surface area contributed by atoms with E-state index >= 15 is 0 Å². The van der Waals surface area contributed by atoms with Crippen LogP contribution in [-0.2, 0) is 16.0 Å². The Morgan fingerprint density at radius 1 is 1.29 bits per heavy atom. The van der Waals surface area contributed by atoms with Gasteiger partial charge in [-0.15, -0.1) is 11.3 Å². The van der Waals surface area contributed by atoms with Crippen molar-refractivity contribution >= 4 is 23.2 Å². The number of nitrogens with zero attached hydrogens (tertiary/aromatic N) is 2. The highest BCUT2D eigenvalue weighted by molar-refractivity contribution is 7.11. The molecule has 0 spiro atoms. The Balaban J connectivity index is 2.29. The van der Waals surface area contributed by atoms with Crippen molar-refractivity contribution in [2.24, 2.45) is 0 Å². The van der Waals surface area contributed by atoms with E-state index in [0.717, 1.165) is 37.2 Å². The standard InChI is InChI=1S/C20H29N3O4S/c1-5-7-10-23-14(3)15(18(24)21-9-8-11-26-4)12-17(23)16-13-28-19(22-16)20(25)27-6-2/h12-13H,5-11H2,1-4H3,(H,21,24). The minimum absolute atomic E-state index is 0.106. The molecule has 0 aliphatic rings. The molecule has 0 atom stereocenters. The molecule has 0 saturated carbocycles. The summed E-state index contributed by atoms with van der Waals surface area (Å²) in [5, 5.41) is 5.10. The summed E-state index contributed by atoms with van der Waals surface area (Å²) in [6.45, 7) is 8.12. The first-order chi connectivity index (χ1) is 13.5. The molecule has 28 heavy (non-hydrogen) atoms. The van der Waals surface area contributed by atoms with Crippen molar-refractivity contribution in [2.45, 2.75) is 46.6 Å². The molecule has 8 heteroatoms. The first-order valence-corrected chi connectivity index (χ1v) is 10.5. The van der Waals surface area contributed by atoms with Gasteiger partial charge in [0, 0.05) is 37.9 Å². The van der Waals surface area contributed by atoms with Crippen molar-refractivity contribution in [3.8, 4) is 11.4 Å². The van der Waals surface area contributed by atoms with Crippen LogP contribution < -0.4 is 5.32 Å². The van der Waals surface area contributed by atoms with Gasteiger partial charge >= 0.3 is 5.97 Å². The fourth-order valence-electron chi connectivity index (χ4n) is 2.88. The van der Waals surface area contributed by atoms with E-state index in [-0.39, 0.29) is 5.91 Å². The van der Waals surface area contributed by atoms with Crippen molar-refractivity contribution in [3.63, 3.8) is 0 Å². The molecule has 1 N–H and O–H groups in total. The Morgan fingerprint density at radius 2 is 2.07 bits per heavy atom. The lowest BCUT2D eigenvalue weighted by Gasteiger charge is -2.10. The van der Waals surface area contributed by atoms with Crippen LogP contribution in [0.4, 0.5) is 0 Å². The fraction of sp³-hybridized carbons (Fsp3) is 0.550. The highest BCUT2D eigenvalue weighted by Gasteiger charge is 2.21. The lowest BCUT2D eigenvalue weighted by Crippen LogP contribution is -2.25. The van der Waals surface area contributed by atoms with Crippen LogP contribution in [0.3, 0.4) is 0 Å². The molecule has 0 fully saturated rings. The highest BCUT2D eigenvalue weighted by atomic mass is 32.1. The number of thiazole rings is 1. The summed E-state index contributed by atoms with van der Waals surface area (Å²) in [5.41, 5.74) is 3.07. The number of carbonyl (C=O) groups is 2. The molecule has 2 aromatic heterocycles. The van der Waals surface area contributed by atoms with Crippen LogP contribution in [0.5, 0.6) is 0 Å². The second kappa shape index (κ2) is 11.0. The molecule has 0 bridgehead atoms. The zero-order valence-electron chi connectivity index (χ0n) is 17.0. The summed E-state index contributed by atoms with van der Waals surface area (Å²) < 4.78 is 12.2. The molecule has 2 rings (SSSR count). The van der Waals surface area contributed by atoms with E-state index in [9.17, 15) is 9.59 Å². The predicted molar refractivity (Wildman–Crippen MR) is 110 cm³/mol. The third kappa shape index (κ3) is 5.42. The van der Waals surface area contributed by atoms with E-state index in [1.54, 1.807) is 14.0 Å². The van der Waals surface area contributed by atoms with Crippen LogP contribution in [0, 0.1) is 6.92 Å². The molecule has 2 aromatic rings. The molecule has 2 heterocycles. The van der Waals surface area contributed by atoms with Gasteiger partial charge in [-0.25, -0.2) is 9.78 Å². The Morgan fingerprint density at radius 3 is 2.75 bits per heavy atom. The number of esters is 1. The molecule has 0 unspecified atom stereocenters. The van der Waals surface area contributed by atoms with Crippen molar-refractivity contribution in [2.75, 3.05) is 26.9 Å². The van der Waals surface area contributed by atoms with Crippen LogP contribution in [0.15, 0.2) is 11.4 Å². The van der Waals surface area contributed by atoms with E-state index in [1.807, 2.05) is 18.4 Å². The van der Waals surface area contributed by atoms with Gasteiger partial charge in [-0.05, 0) is 32.8 Å². The van der Waals surface area contributed by atoms with E-state index in [0.29, 0.717) is 36.0 Å². The maximum atomic E-state index is 12.6. The Bertz CT molecular complexity index is 797. The number of nitrogens with one attached hydrogen (secondary N) is 1. The van der Waals surface area contributed by atoms with E-state index in [1.165, 1.54) is 11.3 Å². The van der Waals surface area contributed by atoms with E-state index in [4.69, 9.17) is 9.47 Å². The van der Waals surface area contributed by atoms with Crippen LogP contribution in [0.25, 0.3) is 11.4 Å². The monoisotopic (exact) mass is 407 g/mol. The summed E-state index contributed by atoms with van der Waals surface area (Å²) >= 11 is 1.25. The SMILES string of the molecule is CCCCn1c(-c2csc(C(=O)OCC)n2)cc(C(=O)NCCCOC)c1C. The van der Waals surface area contributed by atoms with Gasteiger partial charge in [-0.1, -0.05) is 13.3 Å². The largest absolute Gasteiger partial charge is 0.461 e. The molecule has 0 aliphatic carbocycles. The van der Waals surface area contributed by atoms with E-state index in [2.05, 4.69) is 21.8 Å². The van der Waals surface area contributed by atoms with Crippen LogP contribution in [0.2, 0.25) is 0 Å². The predicted octanol–water partition coefficient (Wildman–Crippen LogP) is 3.66. The lowest BCUT2D eigenvalue weighted by molar-refractivity contribution is 0.0526. The fourth-order valence-corrected chi connectivity index (χ4v) is 3.59. The first-order valence-electron chi connectivity index (χ1n) is 9.63. The van der Waals surface area contributed by atoms with Gasteiger partial charge in [-0.3, -0.25) is 4.79 Å². The number of aromatic nitrogens is 2. The number of amides is 1. The topological polar surface area (TPSA) is 82.5 Å². The number of methoxy groups -OCH3 is 1. The second-order valence-electron chi connectivity index (χ2n) is 6.39. The number of unbranched alkanes of at least 4 members (excludes halogenated alkanes) is 1. The number of carbonyl (C=O) groups excluding carboxylic acids is 2. The van der Waals surface area contributed by atoms with Gasteiger partial charge < -0.3 is 19.4 Å². The Labute approximate surface area is 170 Å². The molecular weight excluding hydrogens is 378 g/mol. The second-order valence-corrected chi connectivity index (χ2v) is 7.25. The maximum Gasteiger partial charge on any atom is 0.367 e. The van der Waals surface area contributed by atoms with Crippen LogP contribution >= 0.6 is 11.3 Å². The summed E-state index contributed by atoms with van der Waals surface area (Å²) in [5.74, 6) is -0.524. The first kappa shape index (κ1) is 22.1. The molecule has 0 aromatic carbocycles. The smallest absolute Gasteiger partial charge is 0.367 e. The van der Waals surface area contributed by atoms with Gasteiger partial charge in [0.25, 0.3) is 5.91 Å². The number of ether oxygens (including phenoxy) is 2. The average Bonchev–Trinajstić information content (AvgIpc) is 3.29. The summed E-state index contributed by atoms with van der Waals surface area (Å²) in [7, 11) is 1.64. The molecule has 7 nitrogen and oxygen atoms in total. The molecule has 154 valence electrons.